The Morgan fingerprint density at radius 3 is 2.72 bits per heavy atom. The van der Waals surface area contributed by atoms with Crippen molar-refractivity contribution in [1.82, 2.24) is 4.90 Å². The van der Waals surface area contributed by atoms with Crippen molar-refractivity contribution in [2.75, 3.05) is 13.1 Å². The number of rotatable bonds is 3. The molecule has 1 atom stereocenters. The molecule has 0 amide bonds. The highest BCUT2D eigenvalue weighted by Crippen LogP contribution is 2.25. The highest BCUT2D eigenvalue weighted by molar-refractivity contribution is 9.10. The summed E-state index contributed by atoms with van der Waals surface area (Å²) in [5, 5.41) is 0.804. The standard InChI is InChI=1S/C14H20BrClN2/c1-10(17)11-4-6-18(7-5-11)9-12-8-13(16)2-3-14(12)15/h2-3,8,10-11H,4-7,9,17H2,1H3. The van der Waals surface area contributed by atoms with Crippen molar-refractivity contribution in [2.24, 2.45) is 11.7 Å². The number of benzene rings is 1. The summed E-state index contributed by atoms with van der Waals surface area (Å²) >= 11 is 9.63. The van der Waals surface area contributed by atoms with E-state index in [-0.39, 0.29) is 0 Å². The van der Waals surface area contributed by atoms with E-state index in [1.54, 1.807) is 0 Å². The van der Waals surface area contributed by atoms with Crippen molar-refractivity contribution >= 4 is 27.5 Å². The Hall–Kier alpha value is -0.0900. The van der Waals surface area contributed by atoms with Crippen LogP contribution < -0.4 is 5.73 Å². The summed E-state index contributed by atoms with van der Waals surface area (Å²) in [6.07, 6.45) is 2.41. The molecule has 2 rings (SSSR count). The van der Waals surface area contributed by atoms with Crippen molar-refractivity contribution < 1.29 is 0 Å². The van der Waals surface area contributed by atoms with Gasteiger partial charge in [-0.15, -0.1) is 0 Å². The van der Waals surface area contributed by atoms with E-state index in [0.717, 1.165) is 29.1 Å². The van der Waals surface area contributed by atoms with Crippen LogP contribution in [0.4, 0.5) is 0 Å². The van der Waals surface area contributed by atoms with Crippen LogP contribution in [0.2, 0.25) is 5.02 Å². The molecular weight excluding hydrogens is 312 g/mol. The van der Waals surface area contributed by atoms with Gasteiger partial charge >= 0.3 is 0 Å². The third-order valence-electron chi connectivity index (χ3n) is 3.78. The molecule has 0 aliphatic carbocycles. The summed E-state index contributed by atoms with van der Waals surface area (Å²) in [4.78, 5) is 2.48. The van der Waals surface area contributed by atoms with Crippen LogP contribution in [0.5, 0.6) is 0 Å². The van der Waals surface area contributed by atoms with Gasteiger partial charge in [0.15, 0.2) is 0 Å². The smallest absolute Gasteiger partial charge is 0.0410 e. The van der Waals surface area contributed by atoms with Crippen LogP contribution >= 0.6 is 27.5 Å². The molecule has 0 spiro atoms. The van der Waals surface area contributed by atoms with Gasteiger partial charge in [0.25, 0.3) is 0 Å². The number of halogens is 2. The lowest BCUT2D eigenvalue weighted by atomic mass is 9.91. The van der Waals surface area contributed by atoms with E-state index >= 15 is 0 Å². The molecular formula is C14H20BrClN2. The Labute approximate surface area is 123 Å². The fourth-order valence-electron chi connectivity index (χ4n) is 2.54. The van der Waals surface area contributed by atoms with Gasteiger partial charge < -0.3 is 5.73 Å². The molecule has 1 saturated heterocycles. The summed E-state index contributed by atoms with van der Waals surface area (Å²) in [5.41, 5.74) is 7.23. The van der Waals surface area contributed by atoms with Gasteiger partial charge in [0.1, 0.15) is 0 Å². The SMILES string of the molecule is CC(N)C1CCN(Cc2cc(Cl)ccc2Br)CC1. The Bertz CT molecular complexity index is 401. The molecule has 18 heavy (non-hydrogen) atoms. The maximum atomic E-state index is 6.04. The first kappa shape index (κ1) is 14.3. The topological polar surface area (TPSA) is 29.3 Å². The number of likely N-dealkylation sites (tertiary alicyclic amines) is 1. The number of hydrogen-bond acceptors (Lipinski definition) is 2. The molecule has 0 saturated carbocycles. The monoisotopic (exact) mass is 330 g/mol. The highest BCUT2D eigenvalue weighted by Gasteiger charge is 2.22. The quantitative estimate of drug-likeness (QED) is 0.916. The van der Waals surface area contributed by atoms with Crippen molar-refractivity contribution in [2.45, 2.75) is 32.4 Å². The summed E-state index contributed by atoms with van der Waals surface area (Å²) < 4.78 is 1.14. The predicted molar refractivity (Wildman–Crippen MR) is 80.8 cm³/mol. The van der Waals surface area contributed by atoms with E-state index in [1.165, 1.54) is 18.4 Å². The first-order valence-corrected chi connectivity index (χ1v) is 7.65. The minimum absolute atomic E-state index is 0.324. The Balaban J connectivity index is 1.93. The van der Waals surface area contributed by atoms with Gasteiger partial charge in [0, 0.05) is 22.1 Å². The van der Waals surface area contributed by atoms with Gasteiger partial charge in [0.05, 0.1) is 0 Å². The van der Waals surface area contributed by atoms with Gasteiger partial charge in [0.2, 0.25) is 0 Å². The molecule has 0 bridgehead atoms. The minimum Gasteiger partial charge on any atom is -0.328 e. The average Bonchev–Trinajstić information content (AvgIpc) is 2.34. The van der Waals surface area contributed by atoms with Gasteiger partial charge in [-0.25, -0.2) is 0 Å². The zero-order valence-corrected chi connectivity index (χ0v) is 13.0. The molecule has 1 aliphatic heterocycles. The first-order valence-electron chi connectivity index (χ1n) is 6.48. The molecule has 1 heterocycles. The average molecular weight is 332 g/mol. The van der Waals surface area contributed by atoms with Crippen molar-refractivity contribution in [3.05, 3.63) is 33.3 Å². The van der Waals surface area contributed by atoms with Crippen molar-refractivity contribution in [3.8, 4) is 0 Å². The van der Waals surface area contributed by atoms with E-state index < -0.39 is 0 Å². The molecule has 4 heteroatoms. The van der Waals surface area contributed by atoms with Gasteiger partial charge in [-0.3, -0.25) is 4.90 Å². The van der Waals surface area contributed by atoms with Crippen LogP contribution in [0.1, 0.15) is 25.3 Å². The summed E-state index contributed by atoms with van der Waals surface area (Å²) in [7, 11) is 0. The first-order chi connectivity index (χ1) is 8.56. The fourth-order valence-corrected chi connectivity index (χ4v) is 3.11. The molecule has 100 valence electrons. The van der Waals surface area contributed by atoms with E-state index in [2.05, 4.69) is 27.8 Å². The normalized spacial score (nSPS) is 20.0. The van der Waals surface area contributed by atoms with Gasteiger partial charge in [-0.2, -0.15) is 0 Å². The number of hydrogen-bond donors (Lipinski definition) is 1. The lowest BCUT2D eigenvalue weighted by Crippen LogP contribution is -2.39. The second-order valence-corrected chi connectivity index (χ2v) is 6.50. The molecule has 1 fully saturated rings. The van der Waals surface area contributed by atoms with Gasteiger partial charge in [-0.1, -0.05) is 27.5 Å². The summed E-state index contributed by atoms with van der Waals surface area (Å²) in [6.45, 7) is 5.34. The Kier molecular flexibility index (Phi) is 5.07. The zero-order valence-electron chi connectivity index (χ0n) is 10.7. The summed E-state index contributed by atoms with van der Waals surface area (Å²) in [6, 6.07) is 6.30. The number of nitrogens with zero attached hydrogens (tertiary/aromatic N) is 1. The van der Waals surface area contributed by atoms with E-state index in [4.69, 9.17) is 17.3 Å². The third kappa shape index (κ3) is 3.70. The van der Waals surface area contributed by atoms with E-state index in [9.17, 15) is 0 Å². The molecule has 0 radical (unpaired) electrons. The molecule has 1 aromatic carbocycles. The number of nitrogens with two attached hydrogens (primary N) is 1. The highest BCUT2D eigenvalue weighted by atomic mass is 79.9. The zero-order chi connectivity index (χ0) is 13.1. The number of piperidine rings is 1. The Morgan fingerprint density at radius 1 is 1.44 bits per heavy atom. The predicted octanol–water partition coefficient (Wildman–Crippen LogP) is 3.66. The van der Waals surface area contributed by atoms with Crippen LogP contribution in [0, 0.1) is 5.92 Å². The van der Waals surface area contributed by atoms with Crippen LogP contribution in [-0.2, 0) is 6.54 Å². The summed E-state index contributed by atoms with van der Waals surface area (Å²) in [5.74, 6) is 0.684. The maximum absolute atomic E-state index is 6.04. The molecule has 2 N–H and O–H groups in total. The second-order valence-electron chi connectivity index (χ2n) is 5.21. The fraction of sp³-hybridized carbons (Fsp3) is 0.571. The molecule has 2 nitrogen and oxygen atoms in total. The van der Waals surface area contributed by atoms with Crippen molar-refractivity contribution in [3.63, 3.8) is 0 Å². The molecule has 1 unspecified atom stereocenters. The van der Waals surface area contributed by atoms with E-state index in [1.807, 2.05) is 18.2 Å². The Morgan fingerprint density at radius 2 is 2.11 bits per heavy atom. The van der Waals surface area contributed by atoms with Gasteiger partial charge in [-0.05, 0) is 62.5 Å². The van der Waals surface area contributed by atoms with E-state index in [0.29, 0.717) is 12.0 Å². The lowest BCUT2D eigenvalue weighted by molar-refractivity contribution is 0.165. The van der Waals surface area contributed by atoms with Crippen LogP contribution in [0.3, 0.4) is 0 Å². The lowest BCUT2D eigenvalue weighted by Gasteiger charge is -2.33. The molecule has 1 aliphatic rings. The van der Waals surface area contributed by atoms with Crippen LogP contribution in [-0.4, -0.2) is 24.0 Å². The largest absolute Gasteiger partial charge is 0.328 e. The maximum Gasteiger partial charge on any atom is 0.0410 e. The minimum atomic E-state index is 0.324. The second kappa shape index (κ2) is 6.38. The third-order valence-corrected chi connectivity index (χ3v) is 4.79. The van der Waals surface area contributed by atoms with Crippen LogP contribution in [0.15, 0.2) is 22.7 Å². The van der Waals surface area contributed by atoms with Crippen LogP contribution in [0.25, 0.3) is 0 Å². The molecule has 1 aromatic rings. The van der Waals surface area contributed by atoms with Crippen molar-refractivity contribution in [1.29, 1.82) is 0 Å². The molecule has 0 aromatic heterocycles.